The predicted molar refractivity (Wildman–Crippen MR) is 65.6 cm³/mol. The Morgan fingerprint density at radius 2 is 1.80 bits per heavy atom. The molecule has 0 unspecified atom stereocenters. The zero-order valence-corrected chi connectivity index (χ0v) is 9.79. The summed E-state index contributed by atoms with van der Waals surface area (Å²) in [6.45, 7) is 8.86. The van der Waals surface area contributed by atoms with Crippen LogP contribution >= 0.6 is 0 Å². The van der Waals surface area contributed by atoms with Crippen molar-refractivity contribution < 1.29 is 4.74 Å². The molecule has 1 aromatic rings. The molecule has 0 aliphatic rings. The van der Waals surface area contributed by atoms with Crippen LogP contribution in [0.5, 0.6) is 5.75 Å². The summed E-state index contributed by atoms with van der Waals surface area (Å²) in [5.74, 6) is 0.847. The van der Waals surface area contributed by atoms with Gasteiger partial charge in [-0.1, -0.05) is 0 Å². The van der Waals surface area contributed by atoms with E-state index in [0.717, 1.165) is 30.2 Å². The van der Waals surface area contributed by atoms with E-state index in [1.165, 1.54) is 0 Å². The van der Waals surface area contributed by atoms with Crippen molar-refractivity contribution in [1.29, 1.82) is 0 Å². The number of nitrogens with zero attached hydrogens (tertiary/aromatic N) is 1. The number of ether oxygens (including phenoxy) is 1. The molecule has 3 heteroatoms. The molecular weight excluding hydrogens is 188 g/mol. The summed E-state index contributed by atoms with van der Waals surface area (Å²) in [4.78, 5) is 2.25. The molecule has 0 amide bonds. The molecule has 0 fully saturated rings. The number of nitrogens with two attached hydrogens (primary N) is 1. The fourth-order valence-corrected chi connectivity index (χ4v) is 1.63. The topological polar surface area (TPSA) is 38.5 Å². The average Bonchev–Trinajstić information content (AvgIpc) is 2.19. The van der Waals surface area contributed by atoms with Crippen molar-refractivity contribution in [3.8, 4) is 5.75 Å². The molecular formula is C12H20N2O. The van der Waals surface area contributed by atoms with Crippen molar-refractivity contribution in [2.75, 3.05) is 30.3 Å². The van der Waals surface area contributed by atoms with Crippen LogP contribution in [-0.4, -0.2) is 19.7 Å². The third-order valence-corrected chi connectivity index (χ3v) is 2.35. The van der Waals surface area contributed by atoms with Crippen molar-refractivity contribution in [2.24, 2.45) is 0 Å². The van der Waals surface area contributed by atoms with Gasteiger partial charge in [-0.15, -0.1) is 0 Å². The van der Waals surface area contributed by atoms with Crippen molar-refractivity contribution in [3.05, 3.63) is 18.2 Å². The van der Waals surface area contributed by atoms with E-state index in [2.05, 4.69) is 18.7 Å². The van der Waals surface area contributed by atoms with Crippen molar-refractivity contribution >= 4 is 11.4 Å². The van der Waals surface area contributed by atoms with Crippen LogP contribution in [0, 0.1) is 0 Å². The molecule has 0 saturated carbocycles. The molecule has 0 atom stereocenters. The molecule has 0 spiro atoms. The van der Waals surface area contributed by atoms with E-state index >= 15 is 0 Å². The lowest BCUT2D eigenvalue weighted by molar-refractivity contribution is 0.340. The molecule has 84 valence electrons. The minimum atomic E-state index is 0.668. The quantitative estimate of drug-likeness (QED) is 0.756. The lowest BCUT2D eigenvalue weighted by Crippen LogP contribution is -2.21. The van der Waals surface area contributed by atoms with Crippen LogP contribution < -0.4 is 15.4 Å². The normalized spacial score (nSPS) is 10.1. The lowest BCUT2D eigenvalue weighted by Gasteiger charge is -2.22. The van der Waals surface area contributed by atoms with E-state index in [0.29, 0.717) is 6.61 Å². The molecule has 0 heterocycles. The zero-order chi connectivity index (χ0) is 11.3. The maximum Gasteiger partial charge on any atom is 0.123 e. The first-order valence-electron chi connectivity index (χ1n) is 5.49. The molecule has 3 nitrogen and oxygen atoms in total. The van der Waals surface area contributed by atoms with Crippen molar-refractivity contribution in [3.63, 3.8) is 0 Å². The highest BCUT2D eigenvalue weighted by atomic mass is 16.5. The third kappa shape index (κ3) is 3.05. The standard InChI is InChI=1S/C12H20N2O/c1-4-14(5-2)11-7-10(13)8-12(9-11)15-6-3/h7-9H,4-6,13H2,1-3H3. The van der Waals surface area contributed by atoms with Gasteiger partial charge in [0.1, 0.15) is 5.75 Å². The highest BCUT2D eigenvalue weighted by Gasteiger charge is 2.04. The molecule has 1 aromatic carbocycles. The Morgan fingerprint density at radius 3 is 2.33 bits per heavy atom. The number of hydrogen-bond donors (Lipinski definition) is 1. The summed E-state index contributed by atoms with van der Waals surface area (Å²) in [7, 11) is 0. The molecule has 0 aromatic heterocycles. The Balaban J connectivity index is 2.96. The van der Waals surface area contributed by atoms with Crippen LogP contribution in [0.1, 0.15) is 20.8 Å². The van der Waals surface area contributed by atoms with E-state index in [-0.39, 0.29) is 0 Å². The fourth-order valence-electron chi connectivity index (χ4n) is 1.63. The minimum absolute atomic E-state index is 0.668. The molecule has 2 N–H and O–H groups in total. The van der Waals surface area contributed by atoms with E-state index < -0.39 is 0 Å². The Hall–Kier alpha value is -1.38. The predicted octanol–water partition coefficient (Wildman–Crippen LogP) is 2.51. The molecule has 1 rings (SSSR count). The van der Waals surface area contributed by atoms with Crippen LogP contribution in [0.25, 0.3) is 0 Å². The zero-order valence-electron chi connectivity index (χ0n) is 9.79. The monoisotopic (exact) mass is 208 g/mol. The molecule has 0 saturated heterocycles. The number of anilines is 2. The van der Waals surface area contributed by atoms with Gasteiger partial charge in [-0.05, 0) is 26.8 Å². The molecule has 0 aliphatic carbocycles. The fraction of sp³-hybridized carbons (Fsp3) is 0.500. The summed E-state index contributed by atoms with van der Waals surface area (Å²) in [5.41, 5.74) is 7.71. The van der Waals surface area contributed by atoms with Crippen LogP contribution in [-0.2, 0) is 0 Å². The van der Waals surface area contributed by atoms with Gasteiger partial charge in [0.05, 0.1) is 6.61 Å². The van der Waals surface area contributed by atoms with Gasteiger partial charge in [0, 0.05) is 36.6 Å². The van der Waals surface area contributed by atoms with E-state index in [9.17, 15) is 0 Å². The van der Waals surface area contributed by atoms with Gasteiger partial charge in [0.15, 0.2) is 0 Å². The van der Waals surface area contributed by atoms with Gasteiger partial charge < -0.3 is 15.4 Å². The lowest BCUT2D eigenvalue weighted by atomic mass is 10.2. The molecule has 15 heavy (non-hydrogen) atoms. The second-order valence-corrected chi connectivity index (χ2v) is 3.37. The van der Waals surface area contributed by atoms with Gasteiger partial charge in [-0.25, -0.2) is 0 Å². The first-order valence-corrected chi connectivity index (χ1v) is 5.49. The first kappa shape index (κ1) is 11.7. The number of nitrogen functional groups attached to an aromatic ring is 1. The Kier molecular flexibility index (Phi) is 4.28. The summed E-state index contributed by atoms with van der Waals surface area (Å²) < 4.78 is 5.46. The second-order valence-electron chi connectivity index (χ2n) is 3.37. The Bertz CT molecular complexity index is 308. The third-order valence-electron chi connectivity index (χ3n) is 2.35. The van der Waals surface area contributed by atoms with Gasteiger partial charge in [0.25, 0.3) is 0 Å². The van der Waals surface area contributed by atoms with Crippen LogP contribution in [0.2, 0.25) is 0 Å². The highest BCUT2D eigenvalue weighted by Crippen LogP contribution is 2.25. The maximum atomic E-state index is 5.83. The van der Waals surface area contributed by atoms with Gasteiger partial charge >= 0.3 is 0 Å². The minimum Gasteiger partial charge on any atom is -0.494 e. The Morgan fingerprint density at radius 1 is 1.13 bits per heavy atom. The van der Waals surface area contributed by atoms with Crippen molar-refractivity contribution in [2.45, 2.75) is 20.8 Å². The number of benzene rings is 1. The average molecular weight is 208 g/mol. The van der Waals surface area contributed by atoms with Crippen LogP contribution in [0.3, 0.4) is 0 Å². The number of hydrogen-bond acceptors (Lipinski definition) is 3. The molecule has 0 radical (unpaired) electrons. The SMILES string of the molecule is CCOc1cc(N)cc(N(CC)CC)c1. The molecule has 0 aliphatic heterocycles. The van der Waals surface area contributed by atoms with Gasteiger partial charge in [0.2, 0.25) is 0 Å². The summed E-state index contributed by atoms with van der Waals surface area (Å²) in [5, 5.41) is 0. The van der Waals surface area contributed by atoms with Gasteiger partial charge in [-0.2, -0.15) is 0 Å². The van der Waals surface area contributed by atoms with E-state index in [1.54, 1.807) is 0 Å². The van der Waals surface area contributed by atoms with Crippen LogP contribution in [0.4, 0.5) is 11.4 Å². The second kappa shape index (κ2) is 5.49. The van der Waals surface area contributed by atoms with E-state index in [1.807, 2.05) is 25.1 Å². The first-order chi connectivity index (χ1) is 7.21. The summed E-state index contributed by atoms with van der Waals surface area (Å²) in [6, 6.07) is 5.87. The van der Waals surface area contributed by atoms with Crippen molar-refractivity contribution in [1.82, 2.24) is 0 Å². The van der Waals surface area contributed by atoms with Gasteiger partial charge in [-0.3, -0.25) is 0 Å². The van der Waals surface area contributed by atoms with Crippen LogP contribution in [0.15, 0.2) is 18.2 Å². The molecule has 0 bridgehead atoms. The number of rotatable bonds is 5. The largest absolute Gasteiger partial charge is 0.494 e. The maximum absolute atomic E-state index is 5.83. The smallest absolute Gasteiger partial charge is 0.123 e. The summed E-state index contributed by atoms with van der Waals surface area (Å²) in [6.07, 6.45) is 0. The highest BCUT2D eigenvalue weighted by molar-refractivity contribution is 5.60. The summed E-state index contributed by atoms with van der Waals surface area (Å²) >= 11 is 0. The Labute approximate surface area is 91.8 Å². The van der Waals surface area contributed by atoms with E-state index in [4.69, 9.17) is 10.5 Å².